The smallest absolute Gasteiger partial charge is 0.326 e. The quantitative estimate of drug-likeness (QED) is 0.222. The van der Waals surface area contributed by atoms with Gasteiger partial charge in [-0.3, -0.25) is 9.36 Å². The highest BCUT2D eigenvalue weighted by atomic mass is 32.2. The third-order valence-corrected chi connectivity index (χ3v) is 5.82. The van der Waals surface area contributed by atoms with Crippen LogP contribution in [0.1, 0.15) is 6.42 Å². The molecule has 4 aromatic rings. The van der Waals surface area contributed by atoms with Gasteiger partial charge in [0, 0.05) is 11.9 Å². The summed E-state index contributed by atoms with van der Waals surface area (Å²) in [6.07, 6.45) is 2.08. The Morgan fingerprint density at radius 3 is 3.07 bits per heavy atom. The van der Waals surface area contributed by atoms with Crippen molar-refractivity contribution in [3.8, 4) is 0 Å². The summed E-state index contributed by atoms with van der Waals surface area (Å²) in [6.45, 7) is 0.758. The number of thioether (sulfide) groups is 1. The molecule has 0 atom stereocenters. The highest BCUT2D eigenvalue weighted by Gasteiger charge is 2.10. The molecule has 0 aliphatic heterocycles. The minimum atomic E-state index is -0.298. The first kappa shape index (κ1) is 17.7. The van der Waals surface area contributed by atoms with E-state index in [9.17, 15) is 9.59 Å². The largest absolute Gasteiger partial charge is 0.465 e. The fourth-order valence-corrected chi connectivity index (χ4v) is 4.37. The Labute approximate surface area is 162 Å². The summed E-state index contributed by atoms with van der Waals surface area (Å²) in [5.74, 6) is -0.108. The number of ether oxygens (including phenoxy) is 1. The van der Waals surface area contributed by atoms with Gasteiger partial charge in [-0.15, -0.1) is 11.3 Å². The second-order valence-electron chi connectivity index (χ2n) is 5.78. The van der Waals surface area contributed by atoms with Crippen LogP contribution in [0.5, 0.6) is 0 Å². The van der Waals surface area contributed by atoms with Crippen molar-refractivity contribution in [3.63, 3.8) is 0 Å². The van der Waals surface area contributed by atoms with Crippen LogP contribution in [-0.2, 0) is 16.1 Å². The van der Waals surface area contributed by atoms with E-state index in [4.69, 9.17) is 4.74 Å². The van der Waals surface area contributed by atoms with Gasteiger partial charge in [0.05, 0.1) is 23.4 Å². The summed E-state index contributed by atoms with van der Waals surface area (Å²) in [7, 11) is 0. The number of rotatable bonds is 7. The van der Waals surface area contributed by atoms with Crippen LogP contribution in [0.3, 0.4) is 0 Å². The number of nitrogens with one attached hydrogen (secondary N) is 1. The molecule has 7 nitrogen and oxygen atoms in total. The van der Waals surface area contributed by atoms with E-state index in [1.807, 2.05) is 35.7 Å². The number of aromatic amines is 1. The molecule has 0 saturated heterocycles. The number of carbonyl (C=O) groups excluding carboxylic acids is 1. The van der Waals surface area contributed by atoms with Gasteiger partial charge in [-0.2, -0.15) is 0 Å². The maximum atomic E-state index is 12.0. The van der Waals surface area contributed by atoms with Gasteiger partial charge in [-0.05, 0) is 30.0 Å². The topological polar surface area (TPSA) is 89.9 Å². The van der Waals surface area contributed by atoms with Crippen molar-refractivity contribution in [3.05, 3.63) is 52.5 Å². The third kappa shape index (κ3) is 3.88. The van der Waals surface area contributed by atoms with Crippen LogP contribution < -0.4 is 5.69 Å². The standard InChI is InChI=1S/C18H16N4O3S2/c23-15(10-27-17-12-6-9-26-16(12)19-11-20-17)25-8-3-7-22-14-5-2-1-4-13(14)21-18(22)24/h1-2,4-6,9,11H,3,7-8,10H2,(H,21,24). The molecule has 0 saturated carbocycles. The van der Waals surface area contributed by atoms with E-state index >= 15 is 0 Å². The molecule has 0 bridgehead atoms. The molecule has 4 rings (SSSR count). The fourth-order valence-electron chi connectivity index (χ4n) is 2.79. The summed E-state index contributed by atoms with van der Waals surface area (Å²) in [6, 6.07) is 9.47. The van der Waals surface area contributed by atoms with E-state index in [-0.39, 0.29) is 24.0 Å². The molecule has 0 fully saturated rings. The van der Waals surface area contributed by atoms with Gasteiger partial charge in [0.1, 0.15) is 16.2 Å². The maximum Gasteiger partial charge on any atom is 0.326 e. The lowest BCUT2D eigenvalue weighted by Gasteiger charge is -2.06. The number of hydrogen-bond donors (Lipinski definition) is 1. The zero-order chi connectivity index (χ0) is 18.6. The van der Waals surface area contributed by atoms with E-state index < -0.39 is 0 Å². The molecule has 0 unspecified atom stereocenters. The lowest BCUT2D eigenvalue weighted by Crippen LogP contribution is -2.18. The highest BCUT2D eigenvalue weighted by molar-refractivity contribution is 8.00. The molecular weight excluding hydrogens is 384 g/mol. The molecule has 3 heterocycles. The van der Waals surface area contributed by atoms with Gasteiger partial charge < -0.3 is 9.72 Å². The molecule has 0 radical (unpaired) electrons. The summed E-state index contributed by atoms with van der Waals surface area (Å²) in [5, 5.41) is 3.69. The molecule has 3 aromatic heterocycles. The number of nitrogens with zero attached hydrogens (tertiary/aromatic N) is 3. The number of fused-ring (bicyclic) bond motifs is 2. The number of thiophene rings is 1. The van der Waals surface area contributed by atoms with Crippen LogP contribution >= 0.6 is 23.1 Å². The van der Waals surface area contributed by atoms with Crippen molar-refractivity contribution >= 4 is 50.3 Å². The second-order valence-corrected chi connectivity index (χ2v) is 7.64. The van der Waals surface area contributed by atoms with Gasteiger partial charge in [0.25, 0.3) is 0 Å². The van der Waals surface area contributed by atoms with Crippen LogP contribution in [0.2, 0.25) is 0 Å². The molecule has 1 N–H and O–H groups in total. The normalized spacial score (nSPS) is 11.3. The van der Waals surface area contributed by atoms with E-state index in [0.717, 1.165) is 26.3 Å². The number of benzene rings is 1. The van der Waals surface area contributed by atoms with E-state index in [1.54, 1.807) is 15.9 Å². The lowest BCUT2D eigenvalue weighted by atomic mass is 10.3. The number of imidazole rings is 1. The molecule has 138 valence electrons. The van der Waals surface area contributed by atoms with Gasteiger partial charge in [-0.1, -0.05) is 23.9 Å². The Balaban J connectivity index is 1.27. The molecule has 0 amide bonds. The summed E-state index contributed by atoms with van der Waals surface area (Å²) in [4.78, 5) is 36.1. The van der Waals surface area contributed by atoms with Gasteiger partial charge in [0.15, 0.2) is 0 Å². The van der Waals surface area contributed by atoms with Gasteiger partial charge >= 0.3 is 11.7 Å². The first-order valence-electron chi connectivity index (χ1n) is 8.36. The Bertz CT molecular complexity index is 1150. The first-order chi connectivity index (χ1) is 13.2. The van der Waals surface area contributed by atoms with E-state index in [2.05, 4.69) is 15.0 Å². The number of hydrogen-bond acceptors (Lipinski definition) is 7. The molecule has 0 spiro atoms. The van der Waals surface area contributed by atoms with Crippen LogP contribution in [0.25, 0.3) is 21.3 Å². The van der Waals surface area contributed by atoms with Crippen molar-refractivity contribution in [2.45, 2.75) is 18.0 Å². The molecule has 0 aliphatic carbocycles. The zero-order valence-corrected chi connectivity index (χ0v) is 15.9. The van der Waals surface area contributed by atoms with Crippen molar-refractivity contribution in [1.82, 2.24) is 19.5 Å². The first-order valence-corrected chi connectivity index (χ1v) is 10.2. The maximum absolute atomic E-state index is 12.0. The predicted octanol–water partition coefficient (Wildman–Crippen LogP) is 3.06. The van der Waals surface area contributed by atoms with Crippen molar-refractivity contribution in [2.24, 2.45) is 0 Å². The molecule has 27 heavy (non-hydrogen) atoms. The minimum Gasteiger partial charge on any atom is -0.465 e. The van der Waals surface area contributed by atoms with E-state index in [0.29, 0.717) is 13.0 Å². The summed E-state index contributed by atoms with van der Waals surface area (Å²) < 4.78 is 6.94. The highest BCUT2D eigenvalue weighted by Crippen LogP contribution is 2.27. The Morgan fingerprint density at radius 2 is 2.15 bits per heavy atom. The van der Waals surface area contributed by atoms with Crippen LogP contribution in [-0.4, -0.2) is 37.8 Å². The Kier molecular flexibility index (Phi) is 5.21. The Hall–Kier alpha value is -2.65. The van der Waals surface area contributed by atoms with Crippen molar-refractivity contribution < 1.29 is 9.53 Å². The third-order valence-electron chi connectivity index (χ3n) is 4.02. The van der Waals surface area contributed by atoms with Crippen LogP contribution in [0, 0.1) is 0 Å². The number of esters is 1. The number of para-hydroxylation sites is 2. The SMILES string of the molecule is O=C(CSc1ncnc2sccc12)OCCCn1c(=O)[nH]c2ccccc21. The average molecular weight is 400 g/mol. The summed E-state index contributed by atoms with van der Waals surface area (Å²) >= 11 is 2.89. The number of carbonyl (C=O) groups is 1. The van der Waals surface area contributed by atoms with Crippen molar-refractivity contribution in [2.75, 3.05) is 12.4 Å². The average Bonchev–Trinajstić information content (AvgIpc) is 3.28. The predicted molar refractivity (Wildman–Crippen MR) is 106 cm³/mol. The van der Waals surface area contributed by atoms with Crippen molar-refractivity contribution in [1.29, 1.82) is 0 Å². The lowest BCUT2D eigenvalue weighted by molar-refractivity contribution is -0.140. The molecular formula is C18H16N4O3S2. The minimum absolute atomic E-state index is 0.151. The van der Waals surface area contributed by atoms with Crippen LogP contribution in [0.15, 0.2) is 51.9 Å². The Morgan fingerprint density at radius 1 is 1.26 bits per heavy atom. The fraction of sp³-hybridized carbons (Fsp3) is 0.222. The monoisotopic (exact) mass is 400 g/mol. The zero-order valence-electron chi connectivity index (χ0n) is 14.3. The summed E-state index contributed by atoms with van der Waals surface area (Å²) in [5.41, 5.74) is 1.51. The van der Waals surface area contributed by atoms with Gasteiger partial charge in [-0.25, -0.2) is 14.8 Å². The van der Waals surface area contributed by atoms with Crippen LogP contribution in [0.4, 0.5) is 0 Å². The molecule has 0 aliphatic rings. The number of aromatic nitrogens is 4. The molecule has 9 heteroatoms. The molecule has 1 aromatic carbocycles. The number of H-pyrrole nitrogens is 1. The van der Waals surface area contributed by atoms with E-state index in [1.165, 1.54) is 18.1 Å². The van der Waals surface area contributed by atoms with Gasteiger partial charge in [0.2, 0.25) is 0 Å². The second kappa shape index (κ2) is 7.93. The number of aryl methyl sites for hydroxylation is 1.